The molecule has 1 amide bonds. The Hall–Kier alpha value is -1.14. The number of halogens is 1. The predicted molar refractivity (Wildman–Crippen MR) is 102 cm³/mol. The Balaban J connectivity index is 0.00000196. The maximum absolute atomic E-state index is 12.9. The summed E-state index contributed by atoms with van der Waals surface area (Å²) in [7, 11) is 0. The van der Waals surface area contributed by atoms with Crippen LogP contribution < -0.4 is 5.32 Å². The molecule has 4 rings (SSSR count). The number of aliphatic hydroxyl groups excluding tert-OH is 1. The third-order valence-corrected chi connectivity index (χ3v) is 6.50. The van der Waals surface area contributed by atoms with E-state index in [0.717, 1.165) is 45.3 Å². The molecule has 1 saturated carbocycles. The van der Waals surface area contributed by atoms with Gasteiger partial charge in [0.15, 0.2) is 0 Å². The van der Waals surface area contributed by atoms with Gasteiger partial charge in [-0.05, 0) is 37.3 Å². The van der Waals surface area contributed by atoms with Gasteiger partial charge in [0.1, 0.15) is 0 Å². The molecule has 1 spiro atoms. The number of benzene rings is 1. The van der Waals surface area contributed by atoms with Crippen molar-refractivity contribution in [3.63, 3.8) is 0 Å². The number of likely N-dealkylation sites (tertiary alicyclic amines) is 1. The van der Waals surface area contributed by atoms with E-state index in [2.05, 4.69) is 17.4 Å². The Morgan fingerprint density at radius 3 is 2.65 bits per heavy atom. The van der Waals surface area contributed by atoms with Crippen molar-refractivity contribution in [1.82, 2.24) is 10.2 Å². The molecular weight excluding hydrogens is 352 g/mol. The summed E-state index contributed by atoms with van der Waals surface area (Å²) in [5.41, 5.74) is 2.44. The molecule has 144 valence electrons. The normalized spacial score (nSPS) is 29.5. The molecule has 3 aliphatic rings. The number of hydrogen-bond acceptors (Lipinski definition) is 4. The zero-order chi connectivity index (χ0) is 17.4. The van der Waals surface area contributed by atoms with E-state index in [9.17, 15) is 9.90 Å². The molecule has 1 aromatic carbocycles. The number of hydrogen-bond donors (Lipinski definition) is 2. The first-order chi connectivity index (χ1) is 12.1. The van der Waals surface area contributed by atoms with Gasteiger partial charge < -0.3 is 20.1 Å². The van der Waals surface area contributed by atoms with E-state index in [-0.39, 0.29) is 42.0 Å². The number of piperidine rings is 1. The molecule has 3 atom stereocenters. The Morgan fingerprint density at radius 1 is 1.31 bits per heavy atom. The van der Waals surface area contributed by atoms with Crippen LogP contribution >= 0.6 is 12.4 Å². The first-order valence-corrected chi connectivity index (χ1v) is 9.52. The molecule has 3 unspecified atom stereocenters. The van der Waals surface area contributed by atoms with Gasteiger partial charge in [0.05, 0.1) is 18.2 Å². The Labute approximate surface area is 161 Å². The minimum absolute atomic E-state index is 0. The summed E-state index contributed by atoms with van der Waals surface area (Å²) in [5, 5.41) is 13.7. The van der Waals surface area contributed by atoms with Gasteiger partial charge in [-0.15, -0.1) is 12.4 Å². The molecular formula is C20H29ClN2O3. The molecule has 1 aliphatic carbocycles. The largest absolute Gasteiger partial charge is 0.392 e. The van der Waals surface area contributed by atoms with Gasteiger partial charge in [-0.2, -0.15) is 0 Å². The molecule has 0 radical (unpaired) electrons. The smallest absolute Gasteiger partial charge is 0.240 e. The minimum Gasteiger partial charge on any atom is -0.392 e. The zero-order valence-electron chi connectivity index (χ0n) is 15.3. The lowest BCUT2D eigenvalue weighted by molar-refractivity contribution is -0.210. The van der Waals surface area contributed by atoms with Crippen LogP contribution in [0.3, 0.4) is 0 Å². The van der Waals surface area contributed by atoms with Crippen LogP contribution in [-0.4, -0.2) is 53.9 Å². The van der Waals surface area contributed by atoms with Gasteiger partial charge >= 0.3 is 0 Å². The van der Waals surface area contributed by atoms with Crippen molar-refractivity contribution in [2.45, 2.75) is 57.4 Å². The van der Waals surface area contributed by atoms with Crippen molar-refractivity contribution in [3.8, 4) is 0 Å². The lowest BCUT2D eigenvalue weighted by Crippen LogP contribution is -2.63. The van der Waals surface area contributed by atoms with Crippen LogP contribution in [0, 0.1) is 5.41 Å². The van der Waals surface area contributed by atoms with E-state index >= 15 is 0 Å². The van der Waals surface area contributed by atoms with Crippen LogP contribution in [0.2, 0.25) is 0 Å². The lowest BCUT2D eigenvalue weighted by Gasteiger charge is -2.56. The molecule has 2 aliphatic heterocycles. The number of aliphatic hydroxyl groups is 1. The maximum atomic E-state index is 12.9. The second-order valence-electron chi connectivity index (χ2n) is 7.66. The van der Waals surface area contributed by atoms with E-state index in [1.165, 1.54) is 11.1 Å². The number of nitrogens with one attached hydrogen (secondary N) is 1. The van der Waals surface area contributed by atoms with Gasteiger partial charge in [0.25, 0.3) is 0 Å². The third-order valence-electron chi connectivity index (χ3n) is 6.50. The zero-order valence-corrected chi connectivity index (χ0v) is 16.1. The fourth-order valence-corrected chi connectivity index (χ4v) is 4.81. The van der Waals surface area contributed by atoms with Gasteiger partial charge in [-0.3, -0.25) is 4.79 Å². The summed E-state index contributed by atoms with van der Waals surface area (Å²) >= 11 is 0. The molecule has 1 aromatic rings. The van der Waals surface area contributed by atoms with E-state index < -0.39 is 0 Å². The molecule has 0 bridgehead atoms. The first-order valence-electron chi connectivity index (χ1n) is 9.52. The highest BCUT2D eigenvalue weighted by Gasteiger charge is 2.56. The van der Waals surface area contributed by atoms with E-state index in [1.807, 2.05) is 24.0 Å². The number of rotatable bonds is 3. The first kappa shape index (κ1) is 19.6. The summed E-state index contributed by atoms with van der Waals surface area (Å²) in [4.78, 5) is 14.9. The van der Waals surface area contributed by atoms with Crippen molar-refractivity contribution in [2.24, 2.45) is 5.41 Å². The highest BCUT2D eigenvalue weighted by molar-refractivity contribution is 5.85. The maximum Gasteiger partial charge on any atom is 0.240 e. The van der Waals surface area contributed by atoms with Crippen molar-refractivity contribution >= 4 is 18.3 Å². The van der Waals surface area contributed by atoms with Gasteiger partial charge in [-0.1, -0.05) is 24.3 Å². The fraction of sp³-hybridized carbons (Fsp3) is 0.650. The lowest BCUT2D eigenvalue weighted by atomic mass is 9.58. The number of fused-ring (bicyclic) bond motifs is 1. The standard InChI is InChI=1S/C20H28N2O3.ClH/c1-2-25-18-12-17(23)20(18)7-9-22(10-8-20)19(24)16-11-14-5-3-4-6-15(14)13-21-16;/h3-6,16-18,21,23H,2,7-13H2,1H3;1H. The fourth-order valence-electron chi connectivity index (χ4n) is 4.81. The van der Waals surface area contributed by atoms with Crippen molar-refractivity contribution in [2.75, 3.05) is 19.7 Å². The van der Waals surface area contributed by atoms with Crippen molar-refractivity contribution in [3.05, 3.63) is 35.4 Å². The van der Waals surface area contributed by atoms with E-state index in [1.54, 1.807) is 0 Å². The van der Waals surface area contributed by atoms with Crippen molar-refractivity contribution in [1.29, 1.82) is 0 Å². The SMILES string of the molecule is CCOC1CC(O)C12CCN(C(=O)C1Cc3ccccc3CN1)CC2.Cl. The van der Waals surface area contributed by atoms with E-state index in [4.69, 9.17) is 4.74 Å². The summed E-state index contributed by atoms with van der Waals surface area (Å²) in [5.74, 6) is 0.200. The molecule has 2 heterocycles. The summed E-state index contributed by atoms with van der Waals surface area (Å²) in [6.07, 6.45) is 3.07. The highest BCUT2D eigenvalue weighted by Crippen LogP contribution is 2.51. The molecule has 2 fully saturated rings. The molecule has 26 heavy (non-hydrogen) atoms. The molecule has 2 N–H and O–H groups in total. The van der Waals surface area contributed by atoms with Crippen LogP contribution in [-0.2, 0) is 22.5 Å². The second kappa shape index (κ2) is 7.85. The number of carbonyl (C=O) groups is 1. The Morgan fingerprint density at radius 2 is 2.00 bits per heavy atom. The monoisotopic (exact) mass is 380 g/mol. The summed E-state index contributed by atoms with van der Waals surface area (Å²) in [6.45, 7) is 4.89. The molecule has 5 nitrogen and oxygen atoms in total. The number of carbonyl (C=O) groups excluding carboxylic acids is 1. The second-order valence-corrected chi connectivity index (χ2v) is 7.66. The highest BCUT2D eigenvalue weighted by atomic mass is 35.5. The van der Waals surface area contributed by atoms with Gasteiger partial charge in [-0.25, -0.2) is 0 Å². The van der Waals surface area contributed by atoms with Crippen LogP contribution in [0.1, 0.15) is 37.3 Å². The van der Waals surface area contributed by atoms with Gasteiger partial charge in [0.2, 0.25) is 5.91 Å². The number of ether oxygens (including phenoxy) is 1. The van der Waals surface area contributed by atoms with Crippen molar-refractivity contribution < 1.29 is 14.6 Å². The molecule has 0 aromatic heterocycles. The summed E-state index contributed by atoms with van der Waals surface area (Å²) in [6, 6.07) is 8.21. The average Bonchev–Trinajstić information content (AvgIpc) is 2.67. The average molecular weight is 381 g/mol. The van der Waals surface area contributed by atoms with Gasteiger partial charge in [0, 0.05) is 38.1 Å². The minimum atomic E-state index is -0.277. The van der Waals surface area contributed by atoms with Crippen LogP contribution in [0.5, 0.6) is 0 Å². The Kier molecular flexibility index (Phi) is 5.92. The number of nitrogens with zero attached hydrogens (tertiary/aromatic N) is 1. The van der Waals surface area contributed by atoms with Crippen LogP contribution in [0.25, 0.3) is 0 Å². The number of amides is 1. The van der Waals surface area contributed by atoms with Crippen LogP contribution in [0.15, 0.2) is 24.3 Å². The topological polar surface area (TPSA) is 61.8 Å². The Bertz CT molecular complexity index is 644. The van der Waals surface area contributed by atoms with Crippen LogP contribution in [0.4, 0.5) is 0 Å². The third kappa shape index (κ3) is 3.26. The van der Waals surface area contributed by atoms with E-state index in [0.29, 0.717) is 6.61 Å². The summed E-state index contributed by atoms with van der Waals surface area (Å²) < 4.78 is 5.82. The predicted octanol–water partition coefficient (Wildman–Crippen LogP) is 1.90. The quantitative estimate of drug-likeness (QED) is 0.840. The molecule has 6 heteroatoms. The molecule has 1 saturated heterocycles.